The van der Waals surface area contributed by atoms with Crippen molar-refractivity contribution in [2.75, 3.05) is 13.6 Å². The van der Waals surface area contributed by atoms with E-state index in [2.05, 4.69) is 15.5 Å². The predicted molar refractivity (Wildman–Crippen MR) is 50.6 cm³/mol. The predicted octanol–water partition coefficient (Wildman–Crippen LogP) is 0.454. The van der Waals surface area contributed by atoms with E-state index < -0.39 is 0 Å². The number of nitrogens with one attached hydrogen (secondary N) is 1. The Hall–Kier alpha value is -0.900. The molecule has 13 heavy (non-hydrogen) atoms. The third-order valence-corrected chi connectivity index (χ3v) is 2.62. The van der Waals surface area contributed by atoms with Crippen molar-refractivity contribution in [3.05, 3.63) is 11.4 Å². The van der Waals surface area contributed by atoms with Gasteiger partial charge in [-0.15, -0.1) is 0 Å². The van der Waals surface area contributed by atoms with Crippen molar-refractivity contribution in [2.24, 2.45) is 7.05 Å². The third-order valence-electron chi connectivity index (χ3n) is 2.62. The zero-order valence-corrected chi connectivity index (χ0v) is 8.25. The van der Waals surface area contributed by atoms with Crippen LogP contribution in [-0.2, 0) is 13.5 Å². The number of likely N-dealkylation sites (N-methyl/N-ethyl adjacent to an activating group) is 1. The van der Waals surface area contributed by atoms with Gasteiger partial charge >= 0.3 is 0 Å². The maximum absolute atomic E-state index is 4.42. The first-order valence-corrected chi connectivity index (χ1v) is 4.86. The van der Waals surface area contributed by atoms with Crippen LogP contribution in [-0.4, -0.2) is 28.6 Å². The van der Waals surface area contributed by atoms with Crippen LogP contribution in [0, 0.1) is 0 Å². The molecular weight excluding hydrogens is 164 g/mol. The SMILES string of the molecule is CNCC1CCCc2nn(C)nc21. The van der Waals surface area contributed by atoms with Gasteiger partial charge in [0.25, 0.3) is 0 Å². The quantitative estimate of drug-likeness (QED) is 0.718. The van der Waals surface area contributed by atoms with E-state index in [0.29, 0.717) is 5.92 Å². The van der Waals surface area contributed by atoms with Gasteiger partial charge in [0, 0.05) is 19.5 Å². The summed E-state index contributed by atoms with van der Waals surface area (Å²) in [5.74, 6) is 0.572. The van der Waals surface area contributed by atoms with Crippen molar-refractivity contribution < 1.29 is 0 Å². The summed E-state index contributed by atoms with van der Waals surface area (Å²) in [5.41, 5.74) is 2.41. The summed E-state index contributed by atoms with van der Waals surface area (Å²) in [6, 6.07) is 0. The molecule has 0 saturated heterocycles. The van der Waals surface area contributed by atoms with E-state index in [-0.39, 0.29) is 0 Å². The number of aromatic nitrogens is 3. The molecule has 0 saturated carbocycles. The number of fused-ring (bicyclic) bond motifs is 1. The topological polar surface area (TPSA) is 42.7 Å². The van der Waals surface area contributed by atoms with E-state index >= 15 is 0 Å². The number of hydrogen-bond donors (Lipinski definition) is 1. The molecule has 0 aromatic carbocycles. The lowest BCUT2D eigenvalue weighted by Gasteiger charge is -2.19. The van der Waals surface area contributed by atoms with E-state index in [1.165, 1.54) is 24.2 Å². The second-order valence-corrected chi connectivity index (χ2v) is 3.67. The first-order chi connectivity index (χ1) is 6.31. The van der Waals surface area contributed by atoms with Crippen molar-refractivity contribution in [1.29, 1.82) is 0 Å². The Morgan fingerprint density at radius 2 is 2.38 bits per heavy atom. The summed E-state index contributed by atoms with van der Waals surface area (Å²) in [4.78, 5) is 1.69. The van der Waals surface area contributed by atoms with Crippen LogP contribution in [0.1, 0.15) is 30.1 Å². The van der Waals surface area contributed by atoms with E-state index in [1.54, 1.807) is 4.80 Å². The van der Waals surface area contributed by atoms with Gasteiger partial charge in [-0.25, -0.2) is 0 Å². The van der Waals surface area contributed by atoms with Crippen LogP contribution in [0.2, 0.25) is 0 Å². The van der Waals surface area contributed by atoms with E-state index in [9.17, 15) is 0 Å². The molecule has 2 rings (SSSR count). The molecule has 72 valence electrons. The molecule has 0 radical (unpaired) electrons. The Kier molecular flexibility index (Phi) is 2.31. The van der Waals surface area contributed by atoms with Crippen LogP contribution < -0.4 is 5.32 Å². The van der Waals surface area contributed by atoms with Crippen LogP contribution in [0.15, 0.2) is 0 Å². The van der Waals surface area contributed by atoms with Gasteiger partial charge in [0.2, 0.25) is 0 Å². The molecule has 1 atom stereocenters. The number of aryl methyl sites for hydroxylation is 2. The Morgan fingerprint density at radius 3 is 3.15 bits per heavy atom. The molecule has 4 nitrogen and oxygen atoms in total. The Bertz CT molecular complexity index is 292. The molecule has 0 aliphatic heterocycles. The Morgan fingerprint density at radius 1 is 1.54 bits per heavy atom. The van der Waals surface area contributed by atoms with Gasteiger partial charge in [0.1, 0.15) is 0 Å². The molecule has 1 aliphatic carbocycles. The summed E-state index contributed by atoms with van der Waals surface area (Å²) in [7, 11) is 3.89. The maximum atomic E-state index is 4.42. The highest BCUT2D eigenvalue weighted by atomic mass is 15.5. The fourth-order valence-electron chi connectivity index (χ4n) is 2.06. The number of rotatable bonds is 2. The summed E-state index contributed by atoms with van der Waals surface area (Å²) in [6.07, 6.45) is 3.59. The Labute approximate surface area is 78.3 Å². The van der Waals surface area contributed by atoms with Crippen molar-refractivity contribution in [1.82, 2.24) is 20.3 Å². The molecule has 0 fully saturated rings. The summed E-state index contributed by atoms with van der Waals surface area (Å²) >= 11 is 0. The molecule has 1 N–H and O–H groups in total. The second-order valence-electron chi connectivity index (χ2n) is 3.67. The van der Waals surface area contributed by atoms with Gasteiger partial charge in [0.05, 0.1) is 11.4 Å². The standard InChI is InChI=1S/C9H16N4/c1-10-6-7-4-3-5-8-9(7)12-13(2)11-8/h7,10H,3-6H2,1-2H3. The highest BCUT2D eigenvalue weighted by Crippen LogP contribution is 2.27. The highest BCUT2D eigenvalue weighted by molar-refractivity contribution is 5.18. The number of nitrogens with zero attached hydrogens (tertiary/aromatic N) is 3. The highest BCUT2D eigenvalue weighted by Gasteiger charge is 2.23. The molecule has 1 unspecified atom stereocenters. The summed E-state index contributed by atoms with van der Waals surface area (Å²) in [6.45, 7) is 1.02. The normalized spacial score (nSPS) is 21.5. The van der Waals surface area contributed by atoms with E-state index in [0.717, 1.165) is 13.0 Å². The van der Waals surface area contributed by atoms with Gasteiger partial charge in [-0.1, -0.05) is 0 Å². The minimum atomic E-state index is 0.572. The molecule has 1 aromatic rings. The first-order valence-electron chi connectivity index (χ1n) is 4.86. The average Bonchev–Trinajstić information content (AvgIpc) is 2.47. The summed E-state index contributed by atoms with van der Waals surface area (Å²) in [5, 5.41) is 12.0. The molecule has 0 bridgehead atoms. The molecular formula is C9H16N4. The Balaban J connectivity index is 2.25. The van der Waals surface area contributed by atoms with Gasteiger partial charge in [-0.05, 0) is 26.3 Å². The lowest BCUT2D eigenvalue weighted by atomic mass is 9.90. The third kappa shape index (κ3) is 1.58. The zero-order chi connectivity index (χ0) is 9.26. The fourth-order valence-corrected chi connectivity index (χ4v) is 2.06. The average molecular weight is 180 g/mol. The van der Waals surface area contributed by atoms with Crippen LogP contribution >= 0.6 is 0 Å². The van der Waals surface area contributed by atoms with E-state index in [1.807, 2.05) is 14.1 Å². The maximum Gasteiger partial charge on any atom is 0.0902 e. The molecule has 1 heterocycles. The lowest BCUT2D eigenvalue weighted by Crippen LogP contribution is -2.21. The lowest BCUT2D eigenvalue weighted by molar-refractivity contribution is 0.514. The van der Waals surface area contributed by atoms with Crippen molar-refractivity contribution in [3.8, 4) is 0 Å². The molecule has 0 spiro atoms. The van der Waals surface area contributed by atoms with Crippen molar-refractivity contribution >= 4 is 0 Å². The minimum absolute atomic E-state index is 0.572. The summed E-state index contributed by atoms with van der Waals surface area (Å²) < 4.78 is 0. The molecule has 4 heteroatoms. The largest absolute Gasteiger partial charge is 0.319 e. The monoisotopic (exact) mass is 180 g/mol. The van der Waals surface area contributed by atoms with Crippen LogP contribution in [0.25, 0.3) is 0 Å². The minimum Gasteiger partial charge on any atom is -0.319 e. The molecule has 0 amide bonds. The van der Waals surface area contributed by atoms with Gasteiger partial charge in [-0.2, -0.15) is 15.0 Å². The number of hydrogen-bond acceptors (Lipinski definition) is 3. The fraction of sp³-hybridized carbons (Fsp3) is 0.778. The van der Waals surface area contributed by atoms with Crippen molar-refractivity contribution in [2.45, 2.75) is 25.2 Å². The molecule has 1 aromatic heterocycles. The zero-order valence-electron chi connectivity index (χ0n) is 8.25. The van der Waals surface area contributed by atoms with Crippen molar-refractivity contribution in [3.63, 3.8) is 0 Å². The smallest absolute Gasteiger partial charge is 0.0902 e. The second kappa shape index (κ2) is 3.46. The van der Waals surface area contributed by atoms with Crippen LogP contribution in [0.4, 0.5) is 0 Å². The van der Waals surface area contributed by atoms with Gasteiger partial charge < -0.3 is 5.32 Å². The first kappa shape index (κ1) is 8.69. The van der Waals surface area contributed by atoms with Crippen LogP contribution in [0.5, 0.6) is 0 Å². The van der Waals surface area contributed by atoms with Gasteiger partial charge in [0.15, 0.2) is 0 Å². The van der Waals surface area contributed by atoms with Gasteiger partial charge in [-0.3, -0.25) is 0 Å². The van der Waals surface area contributed by atoms with Crippen LogP contribution in [0.3, 0.4) is 0 Å². The van der Waals surface area contributed by atoms with E-state index in [4.69, 9.17) is 0 Å². The molecule has 1 aliphatic rings.